The molecule has 1 fully saturated rings. The SMILES string of the molecule is CCCCC1=N[C@H](NC(=O)C(CC2CC2)C(O)CCCC)C(=O)N(CCCC)c2ccccc21. The quantitative estimate of drug-likeness (QED) is 0.392. The molecule has 2 N–H and O–H groups in total. The lowest BCUT2D eigenvalue weighted by Gasteiger charge is -2.27. The van der Waals surface area contributed by atoms with Crippen LogP contribution in [0, 0.1) is 11.8 Å². The maximum atomic E-state index is 13.7. The number of hydrogen-bond acceptors (Lipinski definition) is 4. The molecule has 1 saturated carbocycles. The number of benzene rings is 1. The highest BCUT2D eigenvalue weighted by Gasteiger charge is 2.37. The highest BCUT2D eigenvalue weighted by molar-refractivity contribution is 6.13. The number of rotatable bonds is 14. The number of para-hydroxylation sites is 1. The Morgan fingerprint density at radius 1 is 1.12 bits per heavy atom. The minimum atomic E-state index is -0.955. The van der Waals surface area contributed by atoms with E-state index in [1.165, 1.54) is 0 Å². The Balaban J connectivity index is 1.89. The number of amides is 2. The van der Waals surface area contributed by atoms with E-state index in [9.17, 15) is 14.7 Å². The monoisotopic (exact) mass is 469 g/mol. The molecule has 6 heteroatoms. The average molecular weight is 470 g/mol. The van der Waals surface area contributed by atoms with Crippen molar-refractivity contribution in [1.82, 2.24) is 5.32 Å². The number of fused-ring (bicyclic) bond motifs is 1. The molecule has 0 saturated heterocycles. The van der Waals surface area contributed by atoms with Gasteiger partial charge in [0.2, 0.25) is 12.1 Å². The van der Waals surface area contributed by atoms with Gasteiger partial charge < -0.3 is 15.3 Å². The van der Waals surface area contributed by atoms with Crippen molar-refractivity contribution in [1.29, 1.82) is 0 Å². The summed E-state index contributed by atoms with van der Waals surface area (Å²) >= 11 is 0. The number of aliphatic imine (C=N–C) groups is 1. The van der Waals surface area contributed by atoms with Crippen molar-refractivity contribution in [2.24, 2.45) is 16.8 Å². The lowest BCUT2D eigenvalue weighted by Crippen LogP contribution is -2.50. The van der Waals surface area contributed by atoms with Crippen molar-refractivity contribution < 1.29 is 14.7 Å². The largest absolute Gasteiger partial charge is 0.392 e. The molecule has 188 valence electrons. The van der Waals surface area contributed by atoms with Crippen molar-refractivity contribution in [3.05, 3.63) is 29.8 Å². The third kappa shape index (κ3) is 6.91. The van der Waals surface area contributed by atoms with Crippen LogP contribution < -0.4 is 10.2 Å². The van der Waals surface area contributed by atoms with E-state index in [2.05, 4.69) is 26.1 Å². The second-order valence-electron chi connectivity index (χ2n) is 9.95. The van der Waals surface area contributed by atoms with E-state index in [-0.39, 0.29) is 11.8 Å². The van der Waals surface area contributed by atoms with E-state index in [0.29, 0.717) is 25.3 Å². The Labute approximate surface area is 205 Å². The first-order chi connectivity index (χ1) is 16.5. The normalized spacial score (nSPS) is 19.8. The summed E-state index contributed by atoms with van der Waals surface area (Å²) in [6.07, 6.45) is 8.37. The van der Waals surface area contributed by atoms with E-state index < -0.39 is 18.2 Å². The van der Waals surface area contributed by atoms with Crippen molar-refractivity contribution in [3.63, 3.8) is 0 Å². The summed E-state index contributed by atoms with van der Waals surface area (Å²) in [7, 11) is 0. The summed E-state index contributed by atoms with van der Waals surface area (Å²) in [4.78, 5) is 33.8. The first-order valence-corrected chi connectivity index (χ1v) is 13.5. The van der Waals surface area contributed by atoms with Gasteiger partial charge in [-0.05, 0) is 44.1 Å². The predicted molar refractivity (Wildman–Crippen MR) is 138 cm³/mol. The number of anilines is 1. The number of nitrogens with zero attached hydrogens (tertiary/aromatic N) is 2. The van der Waals surface area contributed by atoms with Crippen molar-refractivity contribution in [2.75, 3.05) is 11.4 Å². The van der Waals surface area contributed by atoms with Gasteiger partial charge in [0.05, 0.1) is 17.7 Å². The van der Waals surface area contributed by atoms with Crippen LogP contribution in [0.5, 0.6) is 0 Å². The van der Waals surface area contributed by atoms with E-state index in [1.807, 2.05) is 24.3 Å². The molecule has 6 nitrogen and oxygen atoms in total. The van der Waals surface area contributed by atoms with Crippen LogP contribution in [-0.4, -0.2) is 41.4 Å². The highest BCUT2D eigenvalue weighted by atomic mass is 16.3. The van der Waals surface area contributed by atoms with E-state index in [0.717, 1.165) is 74.7 Å². The second-order valence-corrected chi connectivity index (χ2v) is 9.95. The van der Waals surface area contributed by atoms with Gasteiger partial charge in [-0.2, -0.15) is 0 Å². The van der Waals surface area contributed by atoms with Gasteiger partial charge in [-0.1, -0.05) is 77.5 Å². The molecule has 1 aromatic carbocycles. The Bertz CT molecular complexity index is 849. The van der Waals surface area contributed by atoms with Gasteiger partial charge in [0.15, 0.2) is 0 Å². The minimum Gasteiger partial charge on any atom is -0.392 e. The number of benzodiazepines with no additional fused rings is 1. The number of carbonyl (C=O) groups excluding carboxylic acids is 2. The number of aliphatic hydroxyl groups excluding tert-OH is 1. The molecule has 3 rings (SSSR count). The molecule has 0 spiro atoms. The number of nitrogens with one attached hydrogen (secondary N) is 1. The summed E-state index contributed by atoms with van der Waals surface area (Å²) in [5.41, 5.74) is 2.74. The molecular weight excluding hydrogens is 426 g/mol. The molecule has 2 unspecified atom stereocenters. The summed E-state index contributed by atoms with van der Waals surface area (Å²) in [5, 5.41) is 13.8. The summed E-state index contributed by atoms with van der Waals surface area (Å²) < 4.78 is 0. The number of carbonyl (C=O) groups is 2. The Morgan fingerprint density at radius 2 is 1.82 bits per heavy atom. The van der Waals surface area contributed by atoms with Gasteiger partial charge in [0, 0.05) is 17.8 Å². The zero-order valence-corrected chi connectivity index (χ0v) is 21.3. The molecule has 3 atom stereocenters. The van der Waals surface area contributed by atoms with Crippen molar-refractivity contribution in [2.45, 2.75) is 104 Å². The molecule has 2 aliphatic rings. The third-order valence-electron chi connectivity index (χ3n) is 7.01. The second kappa shape index (κ2) is 13.0. The summed E-state index contributed by atoms with van der Waals surface area (Å²) in [6.45, 7) is 6.93. The Morgan fingerprint density at radius 3 is 2.50 bits per heavy atom. The van der Waals surface area contributed by atoms with Crippen LogP contribution in [-0.2, 0) is 9.59 Å². The third-order valence-corrected chi connectivity index (χ3v) is 7.01. The van der Waals surface area contributed by atoms with Gasteiger partial charge in [-0.3, -0.25) is 14.6 Å². The van der Waals surface area contributed by atoms with Crippen LogP contribution in [0.25, 0.3) is 0 Å². The number of hydrogen-bond donors (Lipinski definition) is 2. The highest BCUT2D eigenvalue weighted by Crippen LogP contribution is 2.37. The Kier molecular flexibility index (Phi) is 10.1. The maximum absolute atomic E-state index is 13.7. The molecule has 1 aliphatic carbocycles. The molecule has 1 aliphatic heterocycles. The topological polar surface area (TPSA) is 82.0 Å². The van der Waals surface area contributed by atoms with Gasteiger partial charge in [-0.15, -0.1) is 0 Å². The van der Waals surface area contributed by atoms with E-state index in [4.69, 9.17) is 4.99 Å². The molecule has 1 aromatic rings. The maximum Gasteiger partial charge on any atom is 0.272 e. The van der Waals surface area contributed by atoms with Crippen LogP contribution in [0.4, 0.5) is 5.69 Å². The zero-order chi connectivity index (χ0) is 24.5. The fraction of sp³-hybridized carbons (Fsp3) is 0.679. The van der Waals surface area contributed by atoms with Crippen LogP contribution in [0.2, 0.25) is 0 Å². The van der Waals surface area contributed by atoms with Crippen LogP contribution in [0.15, 0.2) is 29.3 Å². The predicted octanol–water partition coefficient (Wildman–Crippen LogP) is 5.22. The van der Waals surface area contributed by atoms with E-state index in [1.54, 1.807) is 4.90 Å². The lowest BCUT2D eigenvalue weighted by atomic mass is 9.91. The van der Waals surface area contributed by atoms with Gasteiger partial charge >= 0.3 is 0 Å². The summed E-state index contributed by atoms with van der Waals surface area (Å²) in [6, 6.07) is 7.96. The van der Waals surface area contributed by atoms with Crippen LogP contribution in [0.3, 0.4) is 0 Å². The van der Waals surface area contributed by atoms with Gasteiger partial charge in [-0.25, -0.2) is 0 Å². The molecule has 0 aromatic heterocycles. The Hall–Kier alpha value is -2.21. The van der Waals surface area contributed by atoms with E-state index >= 15 is 0 Å². The molecule has 0 radical (unpaired) electrons. The minimum absolute atomic E-state index is 0.186. The fourth-order valence-electron chi connectivity index (χ4n) is 4.69. The first kappa shape index (κ1) is 26.4. The first-order valence-electron chi connectivity index (χ1n) is 13.5. The average Bonchev–Trinajstić information content (AvgIpc) is 3.68. The summed E-state index contributed by atoms with van der Waals surface area (Å²) in [5.74, 6) is -0.413. The number of aliphatic hydroxyl groups is 1. The smallest absolute Gasteiger partial charge is 0.272 e. The number of unbranched alkanes of at least 4 members (excludes halogenated alkanes) is 3. The fourth-order valence-corrected chi connectivity index (χ4v) is 4.69. The molecular formula is C28H43N3O3. The van der Waals surface area contributed by atoms with Gasteiger partial charge in [0.25, 0.3) is 5.91 Å². The lowest BCUT2D eigenvalue weighted by molar-refractivity contribution is -0.133. The molecule has 2 amide bonds. The van der Waals surface area contributed by atoms with Crippen molar-refractivity contribution in [3.8, 4) is 0 Å². The molecule has 34 heavy (non-hydrogen) atoms. The standard InChI is InChI=1S/C28H43N3O3/c1-4-7-13-23-21-12-10-11-14-24(21)31(18-9-6-3)28(34)26(29-23)30-27(33)22(19-20-16-17-20)25(32)15-8-5-2/h10-12,14,20,22,25-26,32H,4-9,13,15-19H2,1-3H3,(H,30,33)/t22?,25?,26-/m1/s1. The van der Waals surface area contributed by atoms with Crippen LogP contribution >= 0.6 is 0 Å². The molecule has 1 heterocycles. The molecule has 0 bridgehead atoms. The van der Waals surface area contributed by atoms with Crippen LogP contribution in [0.1, 0.15) is 97.0 Å². The van der Waals surface area contributed by atoms with Crippen molar-refractivity contribution >= 4 is 23.2 Å². The zero-order valence-electron chi connectivity index (χ0n) is 21.3. The van der Waals surface area contributed by atoms with Gasteiger partial charge in [0.1, 0.15) is 0 Å².